The second-order valence-corrected chi connectivity index (χ2v) is 4.91. The molecular formula is C13H26N4O. The Labute approximate surface area is 110 Å². The Morgan fingerprint density at radius 2 is 1.94 bits per heavy atom. The second kappa shape index (κ2) is 7.48. The molecular weight excluding hydrogens is 228 g/mol. The molecule has 5 nitrogen and oxygen atoms in total. The summed E-state index contributed by atoms with van der Waals surface area (Å²) in [5, 5.41) is 4.04. The van der Waals surface area contributed by atoms with E-state index in [1.54, 1.807) is 0 Å². The summed E-state index contributed by atoms with van der Waals surface area (Å²) in [4.78, 5) is 6.80. The predicted octanol–water partition coefficient (Wildman–Crippen LogP) is 1.65. The summed E-state index contributed by atoms with van der Waals surface area (Å²) in [5.74, 6) is 2.06. The minimum atomic E-state index is 0.166. The highest BCUT2D eigenvalue weighted by atomic mass is 16.5. The fourth-order valence-corrected chi connectivity index (χ4v) is 1.98. The summed E-state index contributed by atoms with van der Waals surface area (Å²) in [6.07, 6.45) is 0.834. The van der Waals surface area contributed by atoms with Gasteiger partial charge < -0.3 is 15.2 Å². The zero-order valence-electron chi connectivity index (χ0n) is 12.0. The second-order valence-electron chi connectivity index (χ2n) is 4.91. The molecule has 1 aromatic heterocycles. The molecule has 0 aliphatic rings. The molecule has 1 rings (SSSR count). The lowest BCUT2D eigenvalue weighted by atomic mass is 9.96. The predicted molar refractivity (Wildman–Crippen MR) is 72.4 cm³/mol. The molecule has 1 aromatic rings. The molecule has 0 bridgehead atoms. The van der Waals surface area contributed by atoms with Crippen molar-refractivity contribution in [3.05, 3.63) is 11.7 Å². The summed E-state index contributed by atoms with van der Waals surface area (Å²) in [6.45, 7) is 12.2. The Hall–Kier alpha value is -0.940. The molecule has 0 aliphatic carbocycles. The number of likely N-dealkylation sites (N-methyl/N-ethyl adjacent to an activating group) is 1. The van der Waals surface area contributed by atoms with Gasteiger partial charge in [-0.2, -0.15) is 4.98 Å². The van der Waals surface area contributed by atoms with Gasteiger partial charge in [-0.05, 0) is 19.0 Å². The Morgan fingerprint density at radius 1 is 1.28 bits per heavy atom. The van der Waals surface area contributed by atoms with Crippen LogP contribution in [0.5, 0.6) is 0 Å². The number of hydrogen-bond donors (Lipinski definition) is 1. The van der Waals surface area contributed by atoms with Crippen LogP contribution in [-0.2, 0) is 6.42 Å². The van der Waals surface area contributed by atoms with Gasteiger partial charge in [0.15, 0.2) is 5.82 Å². The fourth-order valence-electron chi connectivity index (χ4n) is 1.98. The van der Waals surface area contributed by atoms with E-state index in [0.29, 0.717) is 18.4 Å². The molecule has 0 spiro atoms. The van der Waals surface area contributed by atoms with Crippen molar-refractivity contribution in [3.8, 4) is 0 Å². The Kier molecular flexibility index (Phi) is 6.29. The van der Waals surface area contributed by atoms with Gasteiger partial charge in [0.05, 0.1) is 5.92 Å². The molecule has 2 N–H and O–H groups in total. The zero-order chi connectivity index (χ0) is 13.5. The first kappa shape index (κ1) is 15.1. The van der Waals surface area contributed by atoms with Crippen LogP contribution in [0.15, 0.2) is 4.52 Å². The average molecular weight is 254 g/mol. The fraction of sp³-hybridized carbons (Fsp3) is 0.846. The monoisotopic (exact) mass is 254 g/mol. The summed E-state index contributed by atoms with van der Waals surface area (Å²) in [5.41, 5.74) is 5.74. The van der Waals surface area contributed by atoms with E-state index < -0.39 is 0 Å². The van der Waals surface area contributed by atoms with Crippen molar-refractivity contribution in [1.82, 2.24) is 15.0 Å². The summed E-state index contributed by atoms with van der Waals surface area (Å²) >= 11 is 0. The maximum Gasteiger partial charge on any atom is 0.231 e. The van der Waals surface area contributed by atoms with E-state index in [0.717, 1.165) is 31.9 Å². The third-order valence-corrected chi connectivity index (χ3v) is 3.41. The van der Waals surface area contributed by atoms with Crippen molar-refractivity contribution in [2.24, 2.45) is 11.7 Å². The van der Waals surface area contributed by atoms with Crippen LogP contribution < -0.4 is 5.73 Å². The van der Waals surface area contributed by atoms with E-state index in [1.807, 2.05) is 0 Å². The quantitative estimate of drug-likeness (QED) is 0.764. The van der Waals surface area contributed by atoms with Gasteiger partial charge in [0.25, 0.3) is 0 Å². The first-order chi connectivity index (χ1) is 8.62. The lowest BCUT2D eigenvalue weighted by Gasteiger charge is -2.16. The van der Waals surface area contributed by atoms with Gasteiger partial charge in [-0.3, -0.25) is 0 Å². The lowest BCUT2D eigenvalue weighted by molar-refractivity contribution is 0.299. The van der Waals surface area contributed by atoms with Gasteiger partial charge in [0.2, 0.25) is 5.89 Å². The Bertz CT molecular complexity index is 333. The van der Waals surface area contributed by atoms with Crippen LogP contribution in [0.4, 0.5) is 0 Å². The molecule has 1 atom stereocenters. The number of nitrogens with zero attached hydrogens (tertiary/aromatic N) is 3. The van der Waals surface area contributed by atoms with Gasteiger partial charge >= 0.3 is 0 Å². The van der Waals surface area contributed by atoms with Crippen molar-refractivity contribution in [2.75, 3.05) is 26.2 Å². The molecule has 1 unspecified atom stereocenters. The number of rotatable bonds is 8. The minimum Gasteiger partial charge on any atom is -0.339 e. The van der Waals surface area contributed by atoms with Crippen LogP contribution in [-0.4, -0.2) is 41.2 Å². The van der Waals surface area contributed by atoms with Crippen molar-refractivity contribution in [3.63, 3.8) is 0 Å². The maximum atomic E-state index is 5.74. The minimum absolute atomic E-state index is 0.166. The maximum absolute atomic E-state index is 5.74. The first-order valence-corrected chi connectivity index (χ1v) is 6.87. The lowest BCUT2D eigenvalue weighted by Crippen LogP contribution is -2.25. The Morgan fingerprint density at radius 3 is 2.44 bits per heavy atom. The van der Waals surface area contributed by atoms with Crippen LogP contribution >= 0.6 is 0 Å². The molecule has 0 fully saturated rings. The number of nitrogens with two attached hydrogens (primary N) is 1. The van der Waals surface area contributed by atoms with Crippen molar-refractivity contribution >= 4 is 0 Å². The van der Waals surface area contributed by atoms with E-state index in [9.17, 15) is 0 Å². The van der Waals surface area contributed by atoms with E-state index in [4.69, 9.17) is 10.3 Å². The van der Waals surface area contributed by atoms with Crippen molar-refractivity contribution in [2.45, 2.75) is 40.0 Å². The SMILES string of the molecule is CCN(CC)CCc1noc(C(CN)C(C)C)n1. The molecule has 0 aliphatic heterocycles. The normalized spacial score (nSPS) is 13.5. The molecule has 104 valence electrons. The van der Waals surface area contributed by atoms with Crippen molar-refractivity contribution < 1.29 is 4.52 Å². The van der Waals surface area contributed by atoms with Crippen LogP contribution in [0, 0.1) is 5.92 Å². The van der Waals surface area contributed by atoms with Gasteiger partial charge in [0, 0.05) is 19.5 Å². The summed E-state index contributed by atoms with van der Waals surface area (Å²) < 4.78 is 5.32. The molecule has 0 aromatic carbocycles. The smallest absolute Gasteiger partial charge is 0.231 e. The average Bonchev–Trinajstić information content (AvgIpc) is 2.79. The molecule has 0 amide bonds. The van der Waals surface area contributed by atoms with E-state index in [1.165, 1.54) is 0 Å². The summed E-state index contributed by atoms with van der Waals surface area (Å²) in [7, 11) is 0. The van der Waals surface area contributed by atoms with E-state index in [2.05, 4.69) is 42.7 Å². The van der Waals surface area contributed by atoms with Crippen LogP contribution in [0.2, 0.25) is 0 Å². The molecule has 0 radical (unpaired) electrons. The van der Waals surface area contributed by atoms with Crippen molar-refractivity contribution in [1.29, 1.82) is 0 Å². The van der Waals surface area contributed by atoms with Gasteiger partial charge in [0.1, 0.15) is 0 Å². The molecule has 0 saturated heterocycles. The Balaban J connectivity index is 2.57. The van der Waals surface area contributed by atoms with Crippen LogP contribution in [0.1, 0.15) is 45.3 Å². The highest BCUT2D eigenvalue weighted by Crippen LogP contribution is 2.21. The summed E-state index contributed by atoms with van der Waals surface area (Å²) in [6, 6.07) is 0. The van der Waals surface area contributed by atoms with E-state index >= 15 is 0 Å². The zero-order valence-corrected chi connectivity index (χ0v) is 12.0. The molecule has 1 heterocycles. The topological polar surface area (TPSA) is 68.2 Å². The van der Waals surface area contributed by atoms with Gasteiger partial charge in [-0.1, -0.05) is 32.9 Å². The first-order valence-electron chi connectivity index (χ1n) is 6.87. The number of hydrogen-bond acceptors (Lipinski definition) is 5. The highest BCUT2D eigenvalue weighted by Gasteiger charge is 2.20. The highest BCUT2D eigenvalue weighted by molar-refractivity contribution is 4.96. The van der Waals surface area contributed by atoms with Gasteiger partial charge in [-0.25, -0.2) is 0 Å². The standard InChI is InChI=1S/C13H26N4O/c1-5-17(6-2)8-7-12-15-13(18-16-12)11(9-14)10(3)4/h10-11H,5-9,14H2,1-4H3. The molecule has 18 heavy (non-hydrogen) atoms. The molecule has 5 heteroatoms. The van der Waals surface area contributed by atoms with Crippen LogP contribution in [0.3, 0.4) is 0 Å². The van der Waals surface area contributed by atoms with E-state index in [-0.39, 0.29) is 5.92 Å². The largest absolute Gasteiger partial charge is 0.339 e. The number of aromatic nitrogens is 2. The molecule has 0 saturated carbocycles. The third kappa shape index (κ3) is 4.07. The van der Waals surface area contributed by atoms with Gasteiger partial charge in [-0.15, -0.1) is 0 Å². The van der Waals surface area contributed by atoms with Crippen LogP contribution in [0.25, 0.3) is 0 Å². The third-order valence-electron chi connectivity index (χ3n) is 3.41.